The first-order valence-electron chi connectivity index (χ1n) is 6.02. The van der Waals surface area contributed by atoms with Gasteiger partial charge in [-0.1, -0.05) is 0 Å². The van der Waals surface area contributed by atoms with Crippen LogP contribution < -0.4 is 10.1 Å². The largest absolute Gasteiger partial charge is 0.496 e. The number of rotatable bonds is 4. The predicted molar refractivity (Wildman–Crippen MR) is 75.2 cm³/mol. The van der Waals surface area contributed by atoms with Crippen LogP contribution in [0.15, 0.2) is 42.7 Å². The fourth-order valence-electron chi connectivity index (χ4n) is 1.74. The van der Waals surface area contributed by atoms with E-state index in [-0.39, 0.29) is 11.7 Å². The summed E-state index contributed by atoms with van der Waals surface area (Å²) < 4.78 is 5.15. The van der Waals surface area contributed by atoms with Gasteiger partial charge in [0.2, 0.25) is 0 Å². The number of benzene rings is 1. The third-order valence-electron chi connectivity index (χ3n) is 2.77. The maximum atomic E-state index is 12.2. The first kappa shape index (κ1) is 13.7. The lowest BCUT2D eigenvalue weighted by atomic mass is 10.1. The van der Waals surface area contributed by atoms with Crippen molar-refractivity contribution in [2.75, 3.05) is 12.4 Å². The smallest absolute Gasteiger partial charge is 0.259 e. The molecule has 0 fully saturated rings. The zero-order valence-corrected chi connectivity index (χ0v) is 11.2. The Balaban J connectivity index is 2.32. The van der Waals surface area contributed by atoms with Gasteiger partial charge in [0.1, 0.15) is 5.75 Å². The van der Waals surface area contributed by atoms with Crippen molar-refractivity contribution < 1.29 is 14.3 Å². The lowest BCUT2D eigenvalue weighted by Gasteiger charge is -2.10. The molecule has 1 heterocycles. The van der Waals surface area contributed by atoms with Crippen LogP contribution in [0, 0.1) is 0 Å². The molecule has 0 saturated carbocycles. The quantitative estimate of drug-likeness (QED) is 0.867. The van der Waals surface area contributed by atoms with Gasteiger partial charge < -0.3 is 10.1 Å². The molecule has 0 aliphatic heterocycles. The summed E-state index contributed by atoms with van der Waals surface area (Å²) in [4.78, 5) is 27.6. The number of carbonyl (C=O) groups excluding carboxylic acids is 2. The first-order valence-corrected chi connectivity index (χ1v) is 6.02. The monoisotopic (exact) mass is 270 g/mol. The average Bonchev–Trinajstić information content (AvgIpc) is 2.47. The number of pyridine rings is 1. The maximum Gasteiger partial charge on any atom is 0.259 e. The fraction of sp³-hybridized carbons (Fsp3) is 0.133. The van der Waals surface area contributed by atoms with Gasteiger partial charge in [0.05, 0.1) is 24.6 Å². The Kier molecular flexibility index (Phi) is 4.10. The summed E-state index contributed by atoms with van der Waals surface area (Å²) in [5.74, 6) is -0.0441. The number of anilines is 1. The molecule has 0 bridgehead atoms. The number of nitrogens with one attached hydrogen (secondary N) is 1. The summed E-state index contributed by atoms with van der Waals surface area (Å²) in [5.41, 5.74) is 1.35. The van der Waals surface area contributed by atoms with Crippen LogP contribution in [0.5, 0.6) is 5.75 Å². The van der Waals surface area contributed by atoms with Crippen LogP contribution in [0.2, 0.25) is 0 Å². The molecule has 2 rings (SSSR count). The topological polar surface area (TPSA) is 68.3 Å². The zero-order chi connectivity index (χ0) is 14.5. The highest BCUT2D eigenvalue weighted by molar-refractivity contribution is 6.08. The number of ether oxygens (including phenoxy) is 1. The highest BCUT2D eigenvalue weighted by Gasteiger charge is 2.14. The minimum atomic E-state index is -0.349. The molecule has 1 N–H and O–H groups in total. The number of methoxy groups -OCH3 is 1. The number of amides is 1. The van der Waals surface area contributed by atoms with E-state index < -0.39 is 0 Å². The molecule has 0 radical (unpaired) electrons. The summed E-state index contributed by atoms with van der Waals surface area (Å²) in [6.07, 6.45) is 3.16. The second-order valence-corrected chi connectivity index (χ2v) is 4.17. The van der Waals surface area contributed by atoms with E-state index in [1.54, 1.807) is 36.7 Å². The van der Waals surface area contributed by atoms with Crippen molar-refractivity contribution in [2.45, 2.75) is 6.92 Å². The highest BCUT2D eigenvalue weighted by Crippen LogP contribution is 2.21. The van der Waals surface area contributed by atoms with Gasteiger partial charge in [-0.2, -0.15) is 0 Å². The van der Waals surface area contributed by atoms with Crippen molar-refractivity contribution >= 4 is 17.4 Å². The molecule has 0 unspecified atom stereocenters. The molecule has 20 heavy (non-hydrogen) atoms. The Morgan fingerprint density at radius 1 is 1.25 bits per heavy atom. The van der Waals surface area contributed by atoms with Crippen molar-refractivity contribution in [1.82, 2.24) is 4.98 Å². The number of Topliss-reactive ketones (excluding diaryl/α,β-unsaturated/α-hetero) is 1. The van der Waals surface area contributed by atoms with Gasteiger partial charge in [-0.15, -0.1) is 0 Å². The lowest BCUT2D eigenvalue weighted by molar-refractivity contribution is 0.101. The molecule has 0 aliphatic carbocycles. The molecular weight excluding hydrogens is 256 g/mol. The third kappa shape index (κ3) is 3.00. The SMILES string of the molecule is COc1ccc(C(C)=O)cc1C(=O)Nc1cccnc1. The number of hydrogen-bond donors (Lipinski definition) is 1. The van der Waals surface area contributed by atoms with Crippen molar-refractivity contribution in [3.63, 3.8) is 0 Å². The normalized spacial score (nSPS) is 9.90. The van der Waals surface area contributed by atoms with Gasteiger partial charge >= 0.3 is 0 Å². The zero-order valence-electron chi connectivity index (χ0n) is 11.2. The molecule has 0 aliphatic rings. The predicted octanol–water partition coefficient (Wildman–Crippen LogP) is 2.55. The molecule has 0 spiro atoms. The van der Waals surface area contributed by atoms with E-state index in [0.29, 0.717) is 22.6 Å². The van der Waals surface area contributed by atoms with E-state index in [0.717, 1.165) is 0 Å². The van der Waals surface area contributed by atoms with E-state index in [1.807, 2.05) is 0 Å². The fourth-order valence-corrected chi connectivity index (χ4v) is 1.74. The Morgan fingerprint density at radius 3 is 2.65 bits per heavy atom. The molecular formula is C15H14N2O3. The molecule has 2 aromatic rings. The van der Waals surface area contributed by atoms with Crippen LogP contribution in [-0.4, -0.2) is 23.8 Å². The van der Waals surface area contributed by atoms with Crippen molar-refractivity contribution in [1.29, 1.82) is 0 Å². The molecule has 0 saturated heterocycles. The molecule has 5 heteroatoms. The molecule has 1 aromatic heterocycles. The first-order chi connectivity index (χ1) is 9.61. The van der Waals surface area contributed by atoms with Crippen LogP contribution in [0.25, 0.3) is 0 Å². The van der Waals surface area contributed by atoms with E-state index in [4.69, 9.17) is 4.74 Å². The van der Waals surface area contributed by atoms with Crippen molar-refractivity contribution in [3.8, 4) is 5.75 Å². The second kappa shape index (κ2) is 5.97. The summed E-state index contributed by atoms with van der Waals surface area (Å²) in [6, 6.07) is 8.20. The summed E-state index contributed by atoms with van der Waals surface area (Å²) in [7, 11) is 1.48. The van der Waals surface area contributed by atoms with E-state index >= 15 is 0 Å². The van der Waals surface area contributed by atoms with Gasteiger partial charge in [0.25, 0.3) is 5.91 Å². The van der Waals surface area contributed by atoms with Gasteiger partial charge in [0.15, 0.2) is 5.78 Å². The number of carbonyl (C=O) groups is 2. The van der Waals surface area contributed by atoms with Crippen molar-refractivity contribution in [2.24, 2.45) is 0 Å². The number of nitrogens with zero attached hydrogens (tertiary/aromatic N) is 1. The number of ketones is 1. The highest BCUT2D eigenvalue weighted by atomic mass is 16.5. The molecule has 1 aromatic carbocycles. The Morgan fingerprint density at radius 2 is 2.05 bits per heavy atom. The van der Waals surface area contributed by atoms with Gasteiger partial charge in [-0.25, -0.2) is 0 Å². The number of aromatic nitrogens is 1. The van der Waals surface area contributed by atoms with Crippen LogP contribution in [0.1, 0.15) is 27.6 Å². The van der Waals surface area contributed by atoms with E-state index in [2.05, 4.69) is 10.3 Å². The van der Waals surface area contributed by atoms with Crippen molar-refractivity contribution in [3.05, 3.63) is 53.9 Å². The molecule has 0 atom stereocenters. The Hall–Kier alpha value is -2.69. The third-order valence-corrected chi connectivity index (χ3v) is 2.77. The summed E-state index contributed by atoms with van der Waals surface area (Å²) in [5, 5.41) is 2.71. The molecule has 5 nitrogen and oxygen atoms in total. The van der Waals surface area contributed by atoms with Gasteiger partial charge in [-0.3, -0.25) is 14.6 Å². The summed E-state index contributed by atoms with van der Waals surface area (Å²) >= 11 is 0. The van der Waals surface area contributed by atoms with Crippen LogP contribution in [-0.2, 0) is 0 Å². The second-order valence-electron chi connectivity index (χ2n) is 4.17. The van der Waals surface area contributed by atoms with Crippen LogP contribution in [0.3, 0.4) is 0 Å². The number of hydrogen-bond acceptors (Lipinski definition) is 4. The van der Waals surface area contributed by atoms with E-state index in [9.17, 15) is 9.59 Å². The maximum absolute atomic E-state index is 12.2. The minimum Gasteiger partial charge on any atom is -0.496 e. The lowest BCUT2D eigenvalue weighted by Crippen LogP contribution is -2.14. The molecule has 102 valence electrons. The standard InChI is InChI=1S/C15H14N2O3/c1-10(18)11-5-6-14(20-2)13(8-11)15(19)17-12-4-3-7-16-9-12/h3-9H,1-2H3,(H,17,19). The van der Waals surface area contributed by atoms with Crippen LogP contribution in [0.4, 0.5) is 5.69 Å². The van der Waals surface area contributed by atoms with Gasteiger partial charge in [0, 0.05) is 11.8 Å². The Bertz CT molecular complexity index is 639. The minimum absolute atomic E-state index is 0.108. The van der Waals surface area contributed by atoms with E-state index in [1.165, 1.54) is 20.1 Å². The molecule has 1 amide bonds. The van der Waals surface area contributed by atoms with Crippen LogP contribution >= 0.6 is 0 Å². The Labute approximate surface area is 116 Å². The van der Waals surface area contributed by atoms with Gasteiger partial charge in [-0.05, 0) is 37.3 Å². The average molecular weight is 270 g/mol. The summed E-state index contributed by atoms with van der Waals surface area (Å²) in [6.45, 7) is 1.45.